The summed E-state index contributed by atoms with van der Waals surface area (Å²) in [6, 6.07) is 10.3. The summed E-state index contributed by atoms with van der Waals surface area (Å²) in [6.45, 7) is 6.42. The van der Waals surface area contributed by atoms with Gasteiger partial charge < -0.3 is 4.74 Å². The van der Waals surface area contributed by atoms with Crippen LogP contribution < -0.4 is 0 Å². The molecular weight excluding hydrogens is 196 g/mol. The highest BCUT2D eigenvalue weighted by atomic mass is 16.5. The van der Waals surface area contributed by atoms with Crippen LogP contribution in [0.3, 0.4) is 0 Å². The molecule has 1 nitrogen and oxygen atoms in total. The second kappa shape index (κ2) is 7.92. The second-order valence-corrected chi connectivity index (χ2v) is 3.81. The largest absolute Gasteiger partial charge is 0.374 e. The summed E-state index contributed by atoms with van der Waals surface area (Å²) in [4.78, 5) is 0. The van der Waals surface area contributed by atoms with Crippen molar-refractivity contribution >= 4 is 0 Å². The van der Waals surface area contributed by atoms with Gasteiger partial charge in [0.25, 0.3) is 0 Å². The Kier molecular flexibility index (Phi) is 6.32. The molecule has 0 N–H and O–H groups in total. The first-order valence-electron chi connectivity index (χ1n) is 5.86. The van der Waals surface area contributed by atoms with Crippen LogP contribution >= 0.6 is 0 Å². The third-order valence-electron chi connectivity index (χ3n) is 2.56. The fraction of sp³-hybridized carbons (Fsp3) is 0.400. The van der Waals surface area contributed by atoms with E-state index in [4.69, 9.17) is 4.74 Å². The normalized spacial score (nSPS) is 11.8. The maximum Gasteiger partial charge on any atom is 0.0720 e. The lowest BCUT2D eigenvalue weighted by molar-refractivity contribution is 0.0333. The third-order valence-corrected chi connectivity index (χ3v) is 2.56. The smallest absolute Gasteiger partial charge is 0.0720 e. The molecule has 0 heterocycles. The molecule has 0 aromatic heterocycles. The zero-order chi connectivity index (χ0) is 11.6. The van der Waals surface area contributed by atoms with Crippen molar-refractivity contribution in [2.75, 3.05) is 0 Å². The van der Waals surface area contributed by atoms with Gasteiger partial charge in [0.15, 0.2) is 0 Å². The standard InChI is InChI=1S/C15H20O/c1-3-5-7-12-15(4-2)16-13-14-10-8-6-9-11-14/h5-6,8-11,15H,1,4,7,12-13H2,2H3. The Morgan fingerprint density at radius 1 is 1.38 bits per heavy atom. The van der Waals surface area contributed by atoms with E-state index in [-0.39, 0.29) is 0 Å². The molecule has 0 bridgehead atoms. The van der Waals surface area contributed by atoms with Gasteiger partial charge in [-0.05, 0) is 30.9 Å². The average Bonchev–Trinajstić information content (AvgIpc) is 2.35. The Hall–Kier alpha value is -1.30. The molecule has 0 aliphatic carbocycles. The van der Waals surface area contributed by atoms with Crippen LogP contribution in [0.4, 0.5) is 0 Å². The lowest BCUT2D eigenvalue weighted by atomic mass is 10.1. The van der Waals surface area contributed by atoms with Gasteiger partial charge in [0.1, 0.15) is 0 Å². The lowest BCUT2D eigenvalue weighted by Crippen LogP contribution is -2.11. The van der Waals surface area contributed by atoms with E-state index in [1.807, 2.05) is 24.3 Å². The van der Waals surface area contributed by atoms with Gasteiger partial charge in [0.2, 0.25) is 0 Å². The number of hydrogen-bond donors (Lipinski definition) is 0. The molecule has 16 heavy (non-hydrogen) atoms. The topological polar surface area (TPSA) is 9.23 Å². The SMILES string of the molecule is C=C=CCCC(CC)OCc1ccccc1. The minimum Gasteiger partial charge on any atom is -0.374 e. The molecule has 1 rings (SSSR count). The highest BCUT2D eigenvalue weighted by Crippen LogP contribution is 2.10. The summed E-state index contributed by atoms with van der Waals surface area (Å²) in [7, 11) is 0. The van der Waals surface area contributed by atoms with Crippen molar-refractivity contribution in [1.82, 2.24) is 0 Å². The summed E-state index contributed by atoms with van der Waals surface area (Å²) < 4.78 is 5.86. The average molecular weight is 216 g/mol. The van der Waals surface area contributed by atoms with Gasteiger partial charge in [-0.15, -0.1) is 5.73 Å². The molecule has 0 fully saturated rings. The van der Waals surface area contributed by atoms with Crippen LogP contribution in [0.5, 0.6) is 0 Å². The molecule has 86 valence electrons. The number of rotatable bonds is 7. The maximum atomic E-state index is 5.86. The molecule has 1 aromatic carbocycles. The van der Waals surface area contributed by atoms with Crippen LogP contribution in [0.2, 0.25) is 0 Å². The number of ether oxygens (including phenoxy) is 1. The predicted molar refractivity (Wildman–Crippen MR) is 68.3 cm³/mol. The van der Waals surface area contributed by atoms with E-state index in [0.29, 0.717) is 12.7 Å². The van der Waals surface area contributed by atoms with Gasteiger partial charge in [-0.3, -0.25) is 0 Å². The Morgan fingerprint density at radius 3 is 2.75 bits per heavy atom. The van der Waals surface area contributed by atoms with Crippen molar-refractivity contribution in [3.63, 3.8) is 0 Å². The predicted octanol–water partition coefficient (Wildman–Crippen LogP) is 4.10. The Bertz CT molecular complexity index is 323. The molecule has 0 saturated carbocycles. The van der Waals surface area contributed by atoms with E-state index in [1.54, 1.807) is 0 Å². The first-order valence-corrected chi connectivity index (χ1v) is 5.86. The summed E-state index contributed by atoms with van der Waals surface area (Å²) in [5, 5.41) is 0. The minimum absolute atomic E-state index is 0.338. The van der Waals surface area contributed by atoms with Crippen molar-refractivity contribution < 1.29 is 4.74 Å². The van der Waals surface area contributed by atoms with E-state index in [0.717, 1.165) is 19.3 Å². The molecule has 1 aromatic rings. The van der Waals surface area contributed by atoms with Gasteiger partial charge in [0.05, 0.1) is 12.7 Å². The van der Waals surface area contributed by atoms with Crippen molar-refractivity contribution in [1.29, 1.82) is 0 Å². The highest BCUT2D eigenvalue weighted by Gasteiger charge is 2.05. The summed E-state index contributed by atoms with van der Waals surface area (Å²) in [6.07, 6.45) is 5.40. The van der Waals surface area contributed by atoms with Gasteiger partial charge in [-0.25, -0.2) is 0 Å². The van der Waals surface area contributed by atoms with E-state index in [9.17, 15) is 0 Å². The van der Waals surface area contributed by atoms with Crippen LogP contribution in [0.15, 0.2) is 48.7 Å². The molecule has 1 unspecified atom stereocenters. The van der Waals surface area contributed by atoms with Crippen LogP contribution in [0.25, 0.3) is 0 Å². The Morgan fingerprint density at radius 2 is 2.12 bits per heavy atom. The monoisotopic (exact) mass is 216 g/mol. The van der Waals surface area contributed by atoms with Crippen molar-refractivity contribution in [2.24, 2.45) is 0 Å². The maximum absolute atomic E-state index is 5.86. The van der Waals surface area contributed by atoms with Crippen LogP contribution in [-0.4, -0.2) is 6.10 Å². The summed E-state index contributed by atoms with van der Waals surface area (Å²) in [5.41, 5.74) is 4.03. The first-order chi connectivity index (χ1) is 7.86. The minimum atomic E-state index is 0.338. The molecule has 0 aliphatic rings. The summed E-state index contributed by atoms with van der Waals surface area (Å²) in [5.74, 6) is 0. The number of benzene rings is 1. The van der Waals surface area contributed by atoms with E-state index in [1.165, 1.54) is 5.56 Å². The molecular formula is C15H20O. The third kappa shape index (κ3) is 4.97. The molecule has 0 aliphatic heterocycles. The summed E-state index contributed by atoms with van der Waals surface area (Å²) >= 11 is 0. The van der Waals surface area contributed by atoms with E-state index >= 15 is 0 Å². The van der Waals surface area contributed by atoms with Gasteiger partial charge in [0, 0.05) is 0 Å². The van der Waals surface area contributed by atoms with Crippen LogP contribution in [-0.2, 0) is 11.3 Å². The van der Waals surface area contributed by atoms with Gasteiger partial charge in [-0.2, -0.15) is 0 Å². The fourth-order valence-electron chi connectivity index (χ4n) is 1.56. The molecule has 0 amide bonds. The van der Waals surface area contributed by atoms with Crippen molar-refractivity contribution in [3.8, 4) is 0 Å². The number of allylic oxidation sites excluding steroid dienone is 1. The van der Waals surface area contributed by atoms with Crippen molar-refractivity contribution in [3.05, 3.63) is 54.3 Å². The fourth-order valence-corrected chi connectivity index (χ4v) is 1.56. The second-order valence-electron chi connectivity index (χ2n) is 3.81. The van der Waals surface area contributed by atoms with Gasteiger partial charge >= 0.3 is 0 Å². The van der Waals surface area contributed by atoms with E-state index < -0.39 is 0 Å². The lowest BCUT2D eigenvalue weighted by Gasteiger charge is -2.15. The Labute approximate surface area is 98.5 Å². The van der Waals surface area contributed by atoms with E-state index in [2.05, 4.69) is 31.4 Å². The molecule has 0 radical (unpaired) electrons. The zero-order valence-corrected chi connectivity index (χ0v) is 9.99. The molecule has 0 saturated heterocycles. The highest BCUT2D eigenvalue weighted by molar-refractivity contribution is 5.13. The Balaban J connectivity index is 2.31. The molecule has 0 spiro atoms. The van der Waals surface area contributed by atoms with Crippen LogP contribution in [0.1, 0.15) is 31.7 Å². The first kappa shape index (κ1) is 12.8. The van der Waals surface area contributed by atoms with Gasteiger partial charge in [-0.1, -0.05) is 43.8 Å². The van der Waals surface area contributed by atoms with Crippen molar-refractivity contribution in [2.45, 2.75) is 38.9 Å². The number of hydrogen-bond acceptors (Lipinski definition) is 1. The zero-order valence-electron chi connectivity index (χ0n) is 9.99. The van der Waals surface area contributed by atoms with Crippen LogP contribution in [0, 0.1) is 0 Å². The molecule has 1 atom stereocenters. The molecule has 1 heteroatoms. The quantitative estimate of drug-likeness (QED) is 0.623.